The molecular formula is C14H22N4O5. The summed E-state index contributed by atoms with van der Waals surface area (Å²) in [5, 5.41) is 28.2. The smallest absolute Gasteiger partial charge is 0.434 e. The van der Waals surface area contributed by atoms with Crippen LogP contribution < -0.4 is 0 Å². The van der Waals surface area contributed by atoms with Gasteiger partial charge in [-0.3, -0.25) is 9.69 Å². The summed E-state index contributed by atoms with van der Waals surface area (Å²) < 4.78 is 1.40. The maximum Gasteiger partial charge on any atom is 0.434 e. The zero-order valence-corrected chi connectivity index (χ0v) is 13.0. The van der Waals surface area contributed by atoms with Crippen LogP contribution in [0.15, 0.2) is 12.4 Å². The number of aliphatic hydroxyl groups excluding tert-OH is 1. The van der Waals surface area contributed by atoms with Crippen LogP contribution >= 0.6 is 0 Å². The number of aliphatic hydroxyl groups is 1. The van der Waals surface area contributed by atoms with Crippen LogP contribution in [0.1, 0.15) is 32.6 Å². The second-order valence-electron chi connectivity index (χ2n) is 5.93. The van der Waals surface area contributed by atoms with E-state index in [9.17, 15) is 15.2 Å². The van der Waals surface area contributed by atoms with Gasteiger partial charge >= 0.3 is 5.95 Å². The average molecular weight is 326 g/mol. The summed E-state index contributed by atoms with van der Waals surface area (Å²) in [6.07, 6.45) is 7.35. The molecule has 2 aliphatic rings. The van der Waals surface area contributed by atoms with Gasteiger partial charge in [-0.1, -0.05) is 17.8 Å². The molecule has 2 fully saturated rings. The lowest BCUT2D eigenvalue weighted by Crippen LogP contribution is -2.26. The number of aliphatic carboxylic acids is 1. The SMILES string of the molecule is CC(=O)O.O=[N+]([O-])c1nccn1CC(O)CN1C2CCCCC21. The Bertz CT molecular complexity index is 545. The van der Waals surface area contributed by atoms with E-state index in [1.54, 1.807) is 0 Å². The maximum absolute atomic E-state index is 10.7. The molecule has 9 nitrogen and oxygen atoms in total. The molecule has 1 saturated carbocycles. The van der Waals surface area contributed by atoms with E-state index < -0.39 is 17.0 Å². The van der Waals surface area contributed by atoms with Gasteiger partial charge in [0.25, 0.3) is 5.97 Å². The number of hydrogen-bond donors (Lipinski definition) is 2. The standard InChI is InChI=1S/C12H18N4O3.C2H4O2/c17-9(7-14-6-5-13-12(14)16(18)19)8-15-10-3-1-2-4-11(10)15;1-2(3)4/h5-6,9-11,17H,1-4,7-8H2;1H3,(H,3,4). The lowest BCUT2D eigenvalue weighted by molar-refractivity contribution is -0.397. The third kappa shape index (κ3) is 4.73. The van der Waals surface area contributed by atoms with Crippen LogP contribution in [0, 0.1) is 10.1 Å². The summed E-state index contributed by atoms with van der Waals surface area (Å²) in [4.78, 5) is 25.2. The predicted molar refractivity (Wildman–Crippen MR) is 80.9 cm³/mol. The first-order valence-electron chi connectivity index (χ1n) is 7.69. The van der Waals surface area contributed by atoms with Crippen LogP contribution in [0.2, 0.25) is 0 Å². The maximum atomic E-state index is 10.7. The Morgan fingerprint density at radius 2 is 2.00 bits per heavy atom. The van der Waals surface area contributed by atoms with E-state index in [2.05, 4.69) is 9.88 Å². The molecule has 0 radical (unpaired) electrons. The molecule has 1 aliphatic heterocycles. The second-order valence-corrected chi connectivity index (χ2v) is 5.93. The van der Waals surface area contributed by atoms with Gasteiger partial charge in [0.15, 0.2) is 0 Å². The number of nitrogens with zero attached hydrogens (tertiary/aromatic N) is 4. The van der Waals surface area contributed by atoms with Crippen molar-refractivity contribution in [2.45, 2.75) is 57.3 Å². The molecule has 3 atom stereocenters. The summed E-state index contributed by atoms with van der Waals surface area (Å²) in [7, 11) is 0. The Labute approximate surface area is 133 Å². The summed E-state index contributed by atoms with van der Waals surface area (Å²) >= 11 is 0. The average Bonchev–Trinajstić information content (AvgIpc) is 2.93. The molecule has 9 heteroatoms. The molecule has 0 amide bonds. The Balaban J connectivity index is 0.000000433. The highest BCUT2D eigenvalue weighted by Gasteiger charge is 2.48. The number of rotatable bonds is 5. The van der Waals surface area contributed by atoms with Gasteiger partial charge in [-0.25, -0.2) is 4.57 Å². The molecular weight excluding hydrogens is 304 g/mol. The fourth-order valence-electron chi connectivity index (χ4n) is 3.23. The van der Waals surface area contributed by atoms with Crippen molar-refractivity contribution in [2.75, 3.05) is 6.54 Å². The highest BCUT2D eigenvalue weighted by molar-refractivity contribution is 5.62. The van der Waals surface area contributed by atoms with Crippen molar-refractivity contribution in [1.29, 1.82) is 0 Å². The molecule has 0 aromatic carbocycles. The largest absolute Gasteiger partial charge is 0.481 e. The van der Waals surface area contributed by atoms with Crippen LogP contribution in [-0.2, 0) is 11.3 Å². The third-order valence-electron chi connectivity index (χ3n) is 4.14. The number of aromatic nitrogens is 2. The van der Waals surface area contributed by atoms with E-state index in [-0.39, 0.29) is 12.5 Å². The van der Waals surface area contributed by atoms with Gasteiger partial charge in [-0.15, -0.1) is 0 Å². The van der Waals surface area contributed by atoms with Gasteiger partial charge < -0.3 is 20.3 Å². The van der Waals surface area contributed by atoms with Gasteiger partial charge in [0.1, 0.15) is 12.4 Å². The molecule has 128 valence electrons. The fraction of sp³-hybridized carbons (Fsp3) is 0.714. The molecule has 3 rings (SSSR count). The Kier molecular flexibility index (Phi) is 5.67. The Morgan fingerprint density at radius 3 is 2.52 bits per heavy atom. The first-order valence-corrected chi connectivity index (χ1v) is 7.69. The number of hydrogen-bond acceptors (Lipinski definition) is 6. The molecule has 1 aliphatic carbocycles. The van der Waals surface area contributed by atoms with Gasteiger partial charge in [0, 0.05) is 25.6 Å². The van der Waals surface area contributed by atoms with Crippen LogP contribution in [-0.4, -0.2) is 60.3 Å². The van der Waals surface area contributed by atoms with Crippen molar-refractivity contribution < 1.29 is 19.9 Å². The van der Waals surface area contributed by atoms with Crippen LogP contribution in [0.3, 0.4) is 0 Å². The van der Waals surface area contributed by atoms with Crippen molar-refractivity contribution in [3.8, 4) is 0 Å². The van der Waals surface area contributed by atoms with E-state index in [1.165, 1.54) is 42.6 Å². The number of β-amino-alcohol motifs (C(OH)–C–C–N with tert-alkyl or cyclic N) is 1. The molecule has 2 heterocycles. The molecule has 1 aromatic heterocycles. The fourth-order valence-corrected chi connectivity index (χ4v) is 3.23. The minimum absolute atomic E-state index is 0.206. The number of imidazole rings is 1. The third-order valence-corrected chi connectivity index (χ3v) is 4.14. The van der Waals surface area contributed by atoms with Gasteiger partial charge in [-0.2, -0.15) is 0 Å². The second kappa shape index (κ2) is 7.51. The van der Waals surface area contributed by atoms with E-state index in [1.807, 2.05) is 0 Å². The summed E-state index contributed by atoms with van der Waals surface area (Å²) in [5.41, 5.74) is 0. The lowest BCUT2D eigenvalue weighted by Gasteiger charge is -2.11. The van der Waals surface area contributed by atoms with Crippen molar-refractivity contribution in [1.82, 2.24) is 14.5 Å². The van der Waals surface area contributed by atoms with Crippen LogP contribution in [0.5, 0.6) is 0 Å². The van der Waals surface area contributed by atoms with Crippen molar-refractivity contribution in [3.63, 3.8) is 0 Å². The highest BCUT2D eigenvalue weighted by atomic mass is 16.6. The van der Waals surface area contributed by atoms with Crippen molar-refractivity contribution >= 4 is 11.9 Å². The number of carboxylic acid groups (broad SMARTS) is 1. The Morgan fingerprint density at radius 1 is 1.43 bits per heavy atom. The molecule has 23 heavy (non-hydrogen) atoms. The van der Waals surface area contributed by atoms with Gasteiger partial charge in [-0.05, 0) is 17.8 Å². The molecule has 3 unspecified atom stereocenters. The summed E-state index contributed by atoms with van der Waals surface area (Å²) in [5.74, 6) is -1.04. The Hall–Kier alpha value is -2.00. The number of nitro groups is 1. The van der Waals surface area contributed by atoms with Gasteiger partial charge in [0.2, 0.25) is 0 Å². The molecule has 2 N–H and O–H groups in total. The first-order chi connectivity index (χ1) is 10.9. The minimum Gasteiger partial charge on any atom is -0.481 e. The quantitative estimate of drug-likeness (QED) is 0.467. The van der Waals surface area contributed by atoms with E-state index >= 15 is 0 Å². The molecule has 0 spiro atoms. The minimum atomic E-state index is -0.833. The number of carboxylic acids is 1. The number of likely N-dealkylation sites (tertiary alicyclic amines) is 1. The number of fused-ring (bicyclic) bond motifs is 1. The summed E-state index contributed by atoms with van der Waals surface area (Å²) in [6.45, 7) is 1.91. The topological polar surface area (TPSA) is 122 Å². The van der Waals surface area contributed by atoms with E-state index in [0.717, 1.165) is 6.92 Å². The first kappa shape index (κ1) is 17.4. The highest BCUT2D eigenvalue weighted by Crippen LogP contribution is 2.40. The zero-order chi connectivity index (χ0) is 17.0. The molecule has 0 bridgehead atoms. The molecule has 1 saturated heterocycles. The predicted octanol–water partition coefficient (Wildman–Crippen LogP) is 0.870. The summed E-state index contributed by atoms with van der Waals surface area (Å²) in [6, 6.07) is 1.28. The lowest BCUT2D eigenvalue weighted by atomic mass is 10.0. The molecule has 1 aromatic rings. The van der Waals surface area contributed by atoms with Crippen LogP contribution in [0.4, 0.5) is 5.95 Å². The van der Waals surface area contributed by atoms with Crippen LogP contribution in [0.25, 0.3) is 0 Å². The van der Waals surface area contributed by atoms with E-state index in [4.69, 9.17) is 9.90 Å². The van der Waals surface area contributed by atoms with Crippen molar-refractivity contribution in [3.05, 3.63) is 22.5 Å². The normalized spacial score (nSPS) is 26.4. The van der Waals surface area contributed by atoms with E-state index in [0.29, 0.717) is 18.6 Å². The monoisotopic (exact) mass is 326 g/mol. The van der Waals surface area contributed by atoms with Crippen molar-refractivity contribution in [2.24, 2.45) is 0 Å². The van der Waals surface area contributed by atoms with Gasteiger partial charge in [0.05, 0.1) is 12.6 Å². The zero-order valence-electron chi connectivity index (χ0n) is 13.0. The number of carbonyl (C=O) groups is 1.